The van der Waals surface area contributed by atoms with Crippen LogP contribution in [0.2, 0.25) is 0 Å². The summed E-state index contributed by atoms with van der Waals surface area (Å²) in [6.07, 6.45) is 2.78. The molecule has 0 unspecified atom stereocenters. The molecule has 5 nitrogen and oxygen atoms in total. The van der Waals surface area contributed by atoms with E-state index in [1.54, 1.807) is 11.3 Å². The fourth-order valence-corrected chi connectivity index (χ4v) is 2.10. The minimum Gasteiger partial charge on any atom is -0.394 e. The molecule has 0 aliphatic heterocycles. The van der Waals surface area contributed by atoms with Crippen LogP contribution in [0.3, 0.4) is 0 Å². The maximum atomic E-state index is 8.72. The average Bonchev–Trinajstić information content (AvgIpc) is 2.72. The summed E-state index contributed by atoms with van der Waals surface area (Å²) in [6.45, 7) is 6.17. The van der Waals surface area contributed by atoms with Crippen LogP contribution in [0.25, 0.3) is 0 Å². The van der Waals surface area contributed by atoms with Gasteiger partial charge in [-0.05, 0) is 13.8 Å². The summed E-state index contributed by atoms with van der Waals surface area (Å²) < 4.78 is 0. The first kappa shape index (κ1) is 17.6. The Morgan fingerprint density at radius 2 is 2.28 bits per heavy atom. The van der Waals surface area contributed by atoms with Gasteiger partial charge in [0.25, 0.3) is 0 Å². The molecule has 0 aliphatic carbocycles. The van der Waals surface area contributed by atoms with Gasteiger partial charge in [-0.3, -0.25) is 4.99 Å². The lowest BCUT2D eigenvalue weighted by atomic mass is 10.4. The highest BCUT2D eigenvalue weighted by Gasteiger charge is 2.00. The van der Waals surface area contributed by atoms with Crippen LogP contribution in [-0.4, -0.2) is 42.3 Å². The number of rotatable bonds is 6. The lowest BCUT2D eigenvalue weighted by Crippen LogP contribution is -2.38. The summed E-state index contributed by atoms with van der Waals surface area (Å²) in [6, 6.07) is 0. The van der Waals surface area contributed by atoms with Gasteiger partial charge in [-0.15, -0.1) is 35.3 Å². The van der Waals surface area contributed by atoms with Crippen LogP contribution in [0.4, 0.5) is 0 Å². The number of guanidine groups is 1. The standard InChI is InChI=1S/C11H20N4OS.HI/c1-3-12-11(14-6-7-16)13-5-4-10-15-8-9(2)17-10;/h8,16H,3-7H2,1-2H3,(H2,12,13,14);1H. The van der Waals surface area contributed by atoms with E-state index in [4.69, 9.17) is 5.11 Å². The van der Waals surface area contributed by atoms with Crippen LogP contribution in [0.1, 0.15) is 16.8 Å². The normalized spacial score (nSPS) is 10.9. The predicted molar refractivity (Wildman–Crippen MR) is 87.0 cm³/mol. The molecule has 0 fully saturated rings. The summed E-state index contributed by atoms with van der Waals surface area (Å²) in [5, 5.41) is 16.2. The smallest absolute Gasteiger partial charge is 0.191 e. The summed E-state index contributed by atoms with van der Waals surface area (Å²) in [7, 11) is 0. The molecule has 0 atom stereocenters. The Morgan fingerprint density at radius 3 is 2.83 bits per heavy atom. The molecule has 0 aliphatic rings. The minimum atomic E-state index is 0. The Balaban J connectivity index is 0.00000289. The molecule has 0 bridgehead atoms. The van der Waals surface area contributed by atoms with E-state index in [9.17, 15) is 0 Å². The third kappa shape index (κ3) is 7.12. The van der Waals surface area contributed by atoms with Gasteiger partial charge < -0.3 is 15.7 Å². The molecule has 0 saturated heterocycles. The summed E-state index contributed by atoms with van der Waals surface area (Å²) in [5.41, 5.74) is 0. The Bertz CT molecular complexity index is 357. The molecular weight excluding hydrogens is 363 g/mol. The molecule has 0 radical (unpaired) electrons. The van der Waals surface area contributed by atoms with Crippen molar-refractivity contribution in [1.29, 1.82) is 0 Å². The molecule has 1 aromatic heterocycles. The Kier molecular flexibility index (Phi) is 10.3. The largest absolute Gasteiger partial charge is 0.394 e. The number of aryl methyl sites for hydroxylation is 1. The third-order valence-corrected chi connectivity index (χ3v) is 2.99. The van der Waals surface area contributed by atoms with E-state index in [0.717, 1.165) is 30.5 Å². The van der Waals surface area contributed by atoms with Crippen molar-refractivity contribution in [2.24, 2.45) is 4.99 Å². The summed E-state index contributed by atoms with van der Waals surface area (Å²) in [5.74, 6) is 0.745. The molecule has 0 amide bonds. The van der Waals surface area contributed by atoms with Crippen LogP contribution in [0.15, 0.2) is 11.2 Å². The molecule has 1 aromatic rings. The maximum absolute atomic E-state index is 8.72. The van der Waals surface area contributed by atoms with Gasteiger partial charge in [0.1, 0.15) is 0 Å². The van der Waals surface area contributed by atoms with Crippen molar-refractivity contribution in [1.82, 2.24) is 15.6 Å². The molecule has 0 spiro atoms. The molecular formula is C11H21IN4OS. The van der Waals surface area contributed by atoms with Gasteiger partial charge in [0.05, 0.1) is 18.2 Å². The van der Waals surface area contributed by atoms with Crippen LogP contribution in [-0.2, 0) is 6.42 Å². The Labute approximate surface area is 129 Å². The lowest BCUT2D eigenvalue weighted by Gasteiger charge is -2.09. The highest BCUT2D eigenvalue weighted by Crippen LogP contribution is 2.10. The molecule has 0 saturated carbocycles. The van der Waals surface area contributed by atoms with Crippen molar-refractivity contribution < 1.29 is 5.11 Å². The van der Waals surface area contributed by atoms with E-state index in [2.05, 4.69) is 27.5 Å². The average molecular weight is 384 g/mol. The van der Waals surface area contributed by atoms with Gasteiger partial charge in [0.15, 0.2) is 5.96 Å². The lowest BCUT2D eigenvalue weighted by molar-refractivity contribution is 0.306. The molecule has 1 heterocycles. The van der Waals surface area contributed by atoms with Gasteiger partial charge in [0, 0.05) is 30.6 Å². The zero-order valence-electron chi connectivity index (χ0n) is 10.8. The fourth-order valence-electron chi connectivity index (χ4n) is 1.31. The first-order valence-corrected chi connectivity index (χ1v) is 6.62. The second-order valence-corrected chi connectivity index (χ2v) is 4.85. The number of nitrogens with one attached hydrogen (secondary N) is 2. The highest BCUT2D eigenvalue weighted by molar-refractivity contribution is 14.0. The number of hydrogen-bond donors (Lipinski definition) is 3. The topological polar surface area (TPSA) is 69.5 Å². The number of hydrogen-bond acceptors (Lipinski definition) is 4. The van der Waals surface area contributed by atoms with Gasteiger partial charge in [-0.1, -0.05) is 0 Å². The summed E-state index contributed by atoms with van der Waals surface area (Å²) >= 11 is 1.72. The van der Waals surface area contributed by atoms with Crippen molar-refractivity contribution in [3.8, 4) is 0 Å². The van der Waals surface area contributed by atoms with Crippen LogP contribution in [0, 0.1) is 6.92 Å². The first-order valence-electron chi connectivity index (χ1n) is 5.80. The van der Waals surface area contributed by atoms with Crippen LogP contribution >= 0.6 is 35.3 Å². The minimum absolute atomic E-state index is 0. The maximum Gasteiger partial charge on any atom is 0.191 e. The molecule has 0 aromatic carbocycles. The van der Waals surface area contributed by atoms with Crippen molar-refractivity contribution in [2.45, 2.75) is 20.3 Å². The van der Waals surface area contributed by atoms with E-state index in [1.165, 1.54) is 4.88 Å². The van der Waals surface area contributed by atoms with Gasteiger partial charge in [0.2, 0.25) is 0 Å². The number of aromatic nitrogens is 1. The molecule has 18 heavy (non-hydrogen) atoms. The van der Waals surface area contributed by atoms with E-state index < -0.39 is 0 Å². The predicted octanol–water partition coefficient (Wildman–Crippen LogP) is 1.16. The van der Waals surface area contributed by atoms with Crippen molar-refractivity contribution >= 4 is 41.3 Å². The zero-order valence-corrected chi connectivity index (χ0v) is 13.9. The molecule has 104 valence electrons. The monoisotopic (exact) mass is 384 g/mol. The SMILES string of the molecule is CCNC(=NCCO)NCCc1ncc(C)s1.I. The van der Waals surface area contributed by atoms with Gasteiger partial charge in [-0.25, -0.2) is 4.98 Å². The van der Waals surface area contributed by atoms with E-state index in [-0.39, 0.29) is 30.6 Å². The third-order valence-electron chi connectivity index (χ3n) is 2.01. The first-order chi connectivity index (χ1) is 8.26. The molecule has 3 N–H and O–H groups in total. The second kappa shape index (κ2) is 10.5. The Hall–Kier alpha value is -0.410. The van der Waals surface area contributed by atoms with Crippen molar-refractivity contribution in [2.75, 3.05) is 26.2 Å². The molecule has 1 rings (SSSR count). The number of aliphatic hydroxyl groups excluding tert-OH is 1. The number of aliphatic hydroxyl groups is 1. The van der Waals surface area contributed by atoms with Crippen molar-refractivity contribution in [3.63, 3.8) is 0 Å². The van der Waals surface area contributed by atoms with Gasteiger partial charge in [-0.2, -0.15) is 0 Å². The fraction of sp³-hybridized carbons (Fsp3) is 0.636. The molecule has 7 heteroatoms. The second-order valence-electron chi connectivity index (χ2n) is 3.53. The zero-order chi connectivity index (χ0) is 12.5. The van der Waals surface area contributed by atoms with E-state index >= 15 is 0 Å². The number of halogens is 1. The number of nitrogens with zero attached hydrogens (tertiary/aromatic N) is 2. The van der Waals surface area contributed by atoms with E-state index in [1.807, 2.05) is 13.1 Å². The van der Waals surface area contributed by atoms with Crippen molar-refractivity contribution in [3.05, 3.63) is 16.1 Å². The highest BCUT2D eigenvalue weighted by atomic mass is 127. The van der Waals surface area contributed by atoms with E-state index in [0.29, 0.717) is 6.54 Å². The van der Waals surface area contributed by atoms with Crippen LogP contribution < -0.4 is 10.6 Å². The summed E-state index contributed by atoms with van der Waals surface area (Å²) in [4.78, 5) is 9.73. The van der Waals surface area contributed by atoms with Gasteiger partial charge >= 0.3 is 0 Å². The number of aliphatic imine (C=N–C) groups is 1. The van der Waals surface area contributed by atoms with Crippen LogP contribution in [0.5, 0.6) is 0 Å². The Morgan fingerprint density at radius 1 is 1.50 bits per heavy atom. The quantitative estimate of drug-likeness (QED) is 0.391. The number of thiazole rings is 1.